The number of benzene rings is 2. The molecule has 0 fully saturated rings. The van der Waals surface area contributed by atoms with E-state index in [0.29, 0.717) is 0 Å². The van der Waals surface area contributed by atoms with Crippen molar-refractivity contribution in [2.45, 2.75) is 26.1 Å². The SMILES string of the molecule is C[Si](C)(C)OC(=O)Nc1cccc2c1Cc1ccccc1-2. The fourth-order valence-corrected chi connectivity index (χ4v) is 3.30. The van der Waals surface area contributed by atoms with E-state index in [1.165, 1.54) is 22.3 Å². The molecule has 0 saturated carbocycles. The van der Waals surface area contributed by atoms with Crippen LogP contribution in [0, 0.1) is 0 Å². The summed E-state index contributed by atoms with van der Waals surface area (Å²) in [6.45, 7) is 5.99. The van der Waals surface area contributed by atoms with Crippen molar-refractivity contribution in [1.29, 1.82) is 0 Å². The summed E-state index contributed by atoms with van der Waals surface area (Å²) in [6, 6.07) is 14.4. The molecule has 3 rings (SSSR count). The average Bonchev–Trinajstić information content (AvgIpc) is 2.76. The van der Waals surface area contributed by atoms with Crippen LogP contribution in [0.5, 0.6) is 0 Å². The van der Waals surface area contributed by atoms with Crippen molar-refractivity contribution >= 4 is 20.1 Å². The monoisotopic (exact) mass is 297 g/mol. The van der Waals surface area contributed by atoms with Gasteiger partial charge in [0.15, 0.2) is 0 Å². The summed E-state index contributed by atoms with van der Waals surface area (Å²) in [5.41, 5.74) is 5.80. The lowest BCUT2D eigenvalue weighted by Crippen LogP contribution is -2.31. The van der Waals surface area contributed by atoms with Gasteiger partial charge in [0.1, 0.15) is 0 Å². The van der Waals surface area contributed by atoms with E-state index in [9.17, 15) is 4.79 Å². The van der Waals surface area contributed by atoms with Gasteiger partial charge in [0, 0.05) is 12.1 Å². The van der Waals surface area contributed by atoms with Crippen LogP contribution in [0.15, 0.2) is 42.5 Å². The second-order valence-electron chi connectivity index (χ2n) is 6.29. The second kappa shape index (κ2) is 5.04. The zero-order valence-electron chi connectivity index (χ0n) is 12.6. The summed E-state index contributed by atoms with van der Waals surface area (Å²) in [5, 5.41) is 2.91. The number of carbonyl (C=O) groups is 1. The summed E-state index contributed by atoms with van der Waals surface area (Å²) in [5.74, 6) is 0. The first-order chi connectivity index (χ1) is 9.94. The van der Waals surface area contributed by atoms with Gasteiger partial charge in [-0.15, -0.1) is 0 Å². The Bertz CT molecular complexity index is 704. The largest absolute Gasteiger partial charge is 0.504 e. The second-order valence-corrected chi connectivity index (χ2v) is 10.7. The van der Waals surface area contributed by atoms with Crippen LogP contribution in [-0.2, 0) is 10.8 Å². The van der Waals surface area contributed by atoms with Crippen LogP contribution >= 0.6 is 0 Å². The van der Waals surface area contributed by atoms with Crippen molar-refractivity contribution in [2.24, 2.45) is 0 Å². The number of amides is 1. The zero-order chi connectivity index (χ0) is 15.0. The third-order valence-corrected chi connectivity index (χ3v) is 4.28. The van der Waals surface area contributed by atoms with E-state index in [4.69, 9.17) is 4.43 Å². The van der Waals surface area contributed by atoms with Crippen LogP contribution in [0.2, 0.25) is 19.6 Å². The highest BCUT2D eigenvalue weighted by atomic mass is 28.4. The predicted octanol–water partition coefficient (Wildman–Crippen LogP) is 4.64. The van der Waals surface area contributed by atoms with Gasteiger partial charge in [0.25, 0.3) is 0 Å². The molecule has 0 saturated heterocycles. The Kier molecular flexibility index (Phi) is 3.33. The van der Waals surface area contributed by atoms with Crippen LogP contribution in [-0.4, -0.2) is 14.4 Å². The molecule has 4 heteroatoms. The Balaban J connectivity index is 1.89. The first-order valence-electron chi connectivity index (χ1n) is 7.14. The topological polar surface area (TPSA) is 38.3 Å². The van der Waals surface area contributed by atoms with Gasteiger partial charge in [0.2, 0.25) is 8.32 Å². The highest BCUT2D eigenvalue weighted by Crippen LogP contribution is 2.39. The molecule has 1 N–H and O–H groups in total. The molecule has 1 aliphatic carbocycles. The molecule has 2 aromatic carbocycles. The quantitative estimate of drug-likeness (QED) is 0.700. The number of rotatable bonds is 2. The van der Waals surface area contributed by atoms with E-state index in [1.54, 1.807) is 0 Å². The molecule has 0 aromatic heterocycles. The summed E-state index contributed by atoms with van der Waals surface area (Å²) in [4.78, 5) is 12.0. The first-order valence-corrected chi connectivity index (χ1v) is 10.5. The standard InChI is InChI=1S/C17H19NO2Si/c1-21(2,3)20-17(19)18-16-10-6-9-14-13-8-5-4-7-12(13)11-15(14)16/h4-10H,11H2,1-3H3,(H,18,19). The van der Waals surface area contributed by atoms with Gasteiger partial charge < -0.3 is 4.43 Å². The summed E-state index contributed by atoms with van der Waals surface area (Å²) < 4.78 is 5.47. The number of carbonyl (C=O) groups excluding carboxylic acids is 1. The van der Waals surface area contributed by atoms with Crippen molar-refractivity contribution in [1.82, 2.24) is 0 Å². The zero-order valence-corrected chi connectivity index (χ0v) is 13.6. The van der Waals surface area contributed by atoms with Crippen LogP contribution in [0.25, 0.3) is 11.1 Å². The fraction of sp³-hybridized carbons (Fsp3) is 0.235. The molecule has 1 amide bonds. The summed E-state index contributed by atoms with van der Waals surface area (Å²) in [6.07, 6.45) is 0.507. The molecule has 3 nitrogen and oxygen atoms in total. The van der Waals surface area contributed by atoms with Crippen molar-refractivity contribution in [2.75, 3.05) is 5.32 Å². The molecule has 0 radical (unpaired) electrons. The Morgan fingerprint density at radius 1 is 1.05 bits per heavy atom. The molecule has 0 aliphatic heterocycles. The summed E-state index contributed by atoms with van der Waals surface area (Å²) >= 11 is 0. The van der Waals surface area contributed by atoms with Crippen molar-refractivity contribution in [3.63, 3.8) is 0 Å². The van der Waals surface area contributed by atoms with Gasteiger partial charge >= 0.3 is 6.09 Å². The minimum Gasteiger partial charge on any atom is -0.504 e. The molecule has 0 unspecified atom stereocenters. The summed E-state index contributed by atoms with van der Waals surface area (Å²) in [7, 11) is -1.88. The van der Waals surface area contributed by atoms with Gasteiger partial charge in [-0.3, -0.25) is 5.32 Å². The van der Waals surface area contributed by atoms with E-state index in [2.05, 4.69) is 29.6 Å². The van der Waals surface area contributed by atoms with E-state index in [0.717, 1.165) is 12.1 Å². The molecule has 0 spiro atoms. The lowest BCUT2D eigenvalue weighted by molar-refractivity contribution is 0.213. The molecule has 2 aromatic rings. The van der Waals surface area contributed by atoms with Gasteiger partial charge in [0.05, 0.1) is 0 Å². The maximum absolute atomic E-state index is 12.0. The molecular weight excluding hydrogens is 278 g/mol. The van der Waals surface area contributed by atoms with Crippen molar-refractivity contribution < 1.29 is 9.22 Å². The predicted molar refractivity (Wildman–Crippen MR) is 88.1 cm³/mol. The van der Waals surface area contributed by atoms with E-state index < -0.39 is 8.32 Å². The van der Waals surface area contributed by atoms with Crippen LogP contribution in [0.1, 0.15) is 11.1 Å². The molecule has 0 bridgehead atoms. The Hall–Kier alpha value is -2.07. The number of nitrogens with one attached hydrogen (secondary N) is 1. The van der Waals surface area contributed by atoms with Crippen LogP contribution in [0.4, 0.5) is 10.5 Å². The highest BCUT2D eigenvalue weighted by molar-refractivity contribution is 6.71. The Morgan fingerprint density at radius 2 is 1.76 bits per heavy atom. The smallest absolute Gasteiger partial charge is 0.398 e. The lowest BCUT2D eigenvalue weighted by atomic mass is 10.1. The molecular formula is C17H19NO2Si. The normalized spacial score (nSPS) is 12.5. The molecule has 0 atom stereocenters. The minimum absolute atomic E-state index is 0.349. The van der Waals surface area contributed by atoms with Crippen LogP contribution < -0.4 is 5.32 Å². The number of anilines is 1. The average molecular weight is 297 g/mol. The van der Waals surface area contributed by atoms with E-state index in [-0.39, 0.29) is 6.09 Å². The molecule has 108 valence electrons. The Labute approximate surface area is 126 Å². The van der Waals surface area contributed by atoms with Crippen molar-refractivity contribution in [3.05, 3.63) is 53.6 Å². The first kappa shape index (κ1) is 13.9. The Morgan fingerprint density at radius 3 is 2.52 bits per heavy atom. The van der Waals surface area contributed by atoms with Gasteiger partial charge in [-0.05, 0) is 48.0 Å². The van der Waals surface area contributed by atoms with Crippen molar-refractivity contribution in [3.8, 4) is 11.1 Å². The highest BCUT2D eigenvalue weighted by Gasteiger charge is 2.23. The van der Waals surface area contributed by atoms with Gasteiger partial charge in [-0.25, -0.2) is 4.79 Å². The minimum atomic E-state index is -1.88. The third kappa shape index (κ3) is 2.85. The maximum Gasteiger partial charge on any atom is 0.398 e. The van der Waals surface area contributed by atoms with Gasteiger partial charge in [-0.2, -0.15) is 0 Å². The molecule has 21 heavy (non-hydrogen) atoms. The fourth-order valence-electron chi connectivity index (χ4n) is 2.69. The number of hydrogen-bond acceptors (Lipinski definition) is 2. The molecule has 0 heterocycles. The number of hydrogen-bond donors (Lipinski definition) is 1. The van der Waals surface area contributed by atoms with Crippen LogP contribution in [0.3, 0.4) is 0 Å². The number of fused-ring (bicyclic) bond motifs is 3. The van der Waals surface area contributed by atoms with E-state index in [1.807, 2.05) is 37.8 Å². The third-order valence-electron chi connectivity index (χ3n) is 3.49. The molecule has 1 aliphatic rings. The van der Waals surface area contributed by atoms with Gasteiger partial charge in [-0.1, -0.05) is 36.4 Å². The van der Waals surface area contributed by atoms with E-state index >= 15 is 0 Å². The lowest BCUT2D eigenvalue weighted by Gasteiger charge is -2.18. The maximum atomic E-state index is 12.0.